The average molecular weight is 210 g/mol. The molecule has 1 rings (SSSR count). The van der Waals surface area contributed by atoms with Gasteiger partial charge in [-0.3, -0.25) is 9.48 Å². The first-order valence-corrected chi connectivity index (χ1v) is 4.94. The van der Waals surface area contributed by atoms with Crippen molar-refractivity contribution in [3.8, 4) is 0 Å². The Hall–Kier alpha value is -1.36. The standard InChI is InChI=1S/C10H18N4O/c1-8-9(7-12-14(8)4)10(15)11-5-6-13(2)3/h7H,5-6H2,1-4H3,(H,11,15). The van der Waals surface area contributed by atoms with E-state index in [1.54, 1.807) is 10.9 Å². The van der Waals surface area contributed by atoms with Gasteiger partial charge in [0.15, 0.2) is 0 Å². The SMILES string of the molecule is Cc1c(C(=O)NCCN(C)C)cnn1C. The van der Waals surface area contributed by atoms with Gasteiger partial charge in [0.05, 0.1) is 11.8 Å². The Morgan fingerprint density at radius 1 is 1.60 bits per heavy atom. The van der Waals surface area contributed by atoms with Crippen molar-refractivity contribution in [1.82, 2.24) is 20.0 Å². The molecule has 15 heavy (non-hydrogen) atoms. The minimum Gasteiger partial charge on any atom is -0.351 e. The van der Waals surface area contributed by atoms with Gasteiger partial charge in [-0.15, -0.1) is 0 Å². The van der Waals surface area contributed by atoms with Gasteiger partial charge >= 0.3 is 0 Å². The maximum absolute atomic E-state index is 11.7. The Morgan fingerprint density at radius 3 is 2.73 bits per heavy atom. The van der Waals surface area contributed by atoms with Crippen molar-refractivity contribution in [3.63, 3.8) is 0 Å². The van der Waals surface area contributed by atoms with Gasteiger partial charge in [0.2, 0.25) is 0 Å². The highest BCUT2D eigenvalue weighted by atomic mass is 16.1. The monoisotopic (exact) mass is 210 g/mol. The summed E-state index contributed by atoms with van der Waals surface area (Å²) < 4.78 is 1.70. The Bertz CT molecular complexity index is 343. The molecule has 0 unspecified atom stereocenters. The molecule has 0 fully saturated rings. The van der Waals surface area contributed by atoms with E-state index in [-0.39, 0.29) is 5.91 Å². The van der Waals surface area contributed by atoms with Crippen molar-refractivity contribution in [2.75, 3.05) is 27.2 Å². The van der Waals surface area contributed by atoms with Gasteiger partial charge in [-0.2, -0.15) is 5.10 Å². The Morgan fingerprint density at radius 2 is 2.27 bits per heavy atom. The number of amides is 1. The van der Waals surface area contributed by atoms with Gasteiger partial charge in [-0.25, -0.2) is 0 Å². The molecule has 1 heterocycles. The molecule has 5 nitrogen and oxygen atoms in total. The fourth-order valence-corrected chi connectivity index (χ4v) is 1.21. The summed E-state index contributed by atoms with van der Waals surface area (Å²) in [5.41, 5.74) is 1.54. The van der Waals surface area contributed by atoms with Crippen molar-refractivity contribution in [2.45, 2.75) is 6.92 Å². The molecular weight excluding hydrogens is 192 g/mol. The molecule has 0 aliphatic rings. The van der Waals surface area contributed by atoms with Crippen LogP contribution in [0, 0.1) is 6.92 Å². The van der Waals surface area contributed by atoms with Gasteiger partial charge in [0, 0.05) is 25.8 Å². The maximum atomic E-state index is 11.7. The molecule has 5 heteroatoms. The van der Waals surface area contributed by atoms with Gasteiger partial charge < -0.3 is 10.2 Å². The summed E-state index contributed by atoms with van der Waals surface area (Å²) in [4.78, 5) is 13.7. The van der Waals surface area contributed by atoms with E-state index >= 15 is 0 Å². The molecule has 0 saturated carbocycles. The second-order valence-electron chi connectivity index (χ2n) is 3.83. The Labute approximate surface area is 90.1 Å². The van der Waals surface area contributed by atoms with Gasteiger partial charge in [-0.05, 0) is 21.0 Å². The molecular formula is C10H18N4O. The maximum Gasteiger partial charge on any atom is 0.254 e. The van der Waals surface area contributed by atoms with Crippen LogP contribution in [0.1, 0.15) is 16.1 Å². The summed E-state index contributed by atoms with van der Waals surface area (Å²) in [5.74, 6) is -0.0533. The summed E-state index contributed by atoms with van der Waals surface area (Å²) in [6, 6.07) is 0. The largest absolute Gasteiger partial charge is 0.351 e. The number of likely N-dealkylation sites (N-methyl/N-ethyl adjacent to an activating group) is 1. The van der Waals surface area contributed by atoms with Crippen molar-refractivity contribution in [1.29, 1.82) is 0 Å². The van der Waals surface area contributed by atoms with Crippen LogP contribution in [-0.2, 0) is 7.05 Å². The Kier molecular flexibility index (Phi) is 3.85. The summed E-state index contributed by atoms with van der Waals surface area (Å²) in [6.45, 7) is 3.37. The second kappa shape index (κ2) is 4.93. The zero-order chi connectivity index (χ0) is 11.4. The number of hydrogen-bond donors (Lipinski definition) is 1. The molecule has 1 amide bonds. The highest BCUT2D eigenvalue weighted by Gasteiger charge is 2.11. The summed E-state index contributed by atoms with van der Waals surface area (Å²) in [6.07, 6.45) is 1.60. The highest BCUT2D eigenvalue weighted by Crippen LogP contribution is 2.04. The number of carbonyl (C=O) groups is 1. The van der Waals surface area contributed by atoms with E-state index in [4.69, 9.17) is 0 Å². The lowest BCUT2D eigenvalue weighted by atomic mass is 10.2. The predicted molar refractivity (Wildman–Crippen MR) is 58.8 cm³/mol. The van der Waals surface area contributed by atoms with E-state index in [2.05, 4.69) is 10.4 Å². The highest BCUT2D eigenvalue weighted by molar-refractivity contribution is 5.94. The number of nitrogens with one attached hydrogen (secondary N) is 1. The summed E-state index contributed by atoms with van der Waals surface area (Å²) in [5, 5.41) is 6.88. The fraction of sp³-hybridized carbons (Fsp3) is 0.600. The van der Waals surface area contributed by atoms with E-state index in [0.717, 1.165) is 12.2 Å². The van der Waals surface area contributed by atoms with Crippen molar-refractivity contribution in [3.05, 3.63) is 17.5 Å². The minimum atomic E-state index is -0.0533. The zero-order valence-corrected chi connectivity index (χ0v) is 9.74. The van der Waals surface area contributed by atoms with Crippen molar-refractivity contribution >= 4 is 5.91 Å². The van der Waals surface area contributed by atoms with Crippen molar-refractivity contribution < 1.29 is 4.79 Å². The average Bonchev–Trinajstić information content (AvgIpc) is 2.47. The molecule has 0 aromatic carbocycles. The van der Waals surface area contributed by atoms with Gasteiger partial charge in [0.25, 0.3) is 5.91 Å². The molecule has 0 radical (unpaired) electrons. The Balaban J connectivity index is 2.51. The van der Waals surface area contributed by atoms with Crippen LogP contribution in [0.5, 0.6) is 0 Å². The van der Waals surface area contributed by atoms with Crippen LogP contribution < -0.4 is 5.32 Å². The molecule has 0 spiro atoms. The molecule has 84 valence electrons. The van der Waals surface area contributed by atoms with E-state index in [1.165, 1.54) is 0 Å². The smallest absolute Gasteiger partial charge is 0.254 e. The molecule has 1 aromatic rings. The van der Waals surface area contributed by atoms with Gasteiger partial charge in [0.1, 0.15) is 0 Å². The zero-order valence-electron chi connectivity index (χ0n) is 9.74. The number of nitrogens with zero attached hydrogens (tertiary/aromatic N) is 3. The molecule has 0 atom stereocenters. The van der Waals surface area contributed by atoms with Gasteiger partial charge in [-0.1, -0.05) is 0 Å². The number of rotatable bonds is 4. The molecule has 0 bridgehead atoms. The third-order valence-electron chi connectivity index (χ3n) is 2.32. The van der Waals surface area contributed by atoms with Crippen LogP contribution in [0.4, 0.5) is 0 Å². The lowest BCUT2D eigenvalue weighted by Gasteiger charge is -2.10. The number of aryl methyl sites for hydroxylation is 1. The molecule has 1 N–H and O–H groups in total. The normalized spacial score (nSPS) is 10.7. The number of aromatic nitrogens is 2. The molecule has 0 aliphatic carbocycles. The van der Waals surface area contributed by atoms with Crippen molar-refractivity contribution in [2.24, 2.45) is 7.05 Å². The summed E-state index contributed by atoms with van der Waals surface area (Å²) in [7, 11) is 5.77. The van der Waals surface area contributed by atoms with Crippen LogP contribution in [0.2, 0.25) is 0 Å². The molecule has 0 aliphatic heterocycles. The van der Waals surface area contributed by atoms with E-state index in [0.29, 0.717) is 12.1 Å². The molecule has 1 aromatic heterocycles. The van der Waals surface area contributed by atoms with Crippen LogP contribution >= 0.6 is 0 Å². The molecule has 0 saturated heterocycles. The lowest BCUT2D eigenvalue weighted by Crippen LogP contribution is -2.31. The number of hydrogen-bond acceptors (Lipinski definition) is 3. The first kappa shape index (κ1) is 11.7. The van der Waals surface area contributed by atoms with Crippen LogP contribution in [0.3, 0.4) is 0 Å². The third-order valence-corrected chi connectivity index (χ3v) is 2.32. The van der Waals surface area contributed by atoms with E-state index in [1.807, 2.05) is 33.0 Å². The first-order valence-electron chi connectivity index (χ1n) is 4.94. The second-order valence-corrected chi connectivity index (χ2v) is 3.83. The van der Waals surface area contributed by atoms with E-state index < -0.39 is 0 Å². The lowest BCUT2D eigenvalue weighted by molar-refractivity contribution is 0.0950. The van der Waals surface area contributed by atoms with E-state index in [9.17, 15) is 4.79 Å². The third kappa shape index (κ3) is 3.06. The topological polar surface area (TPSA) is 50.2 Å². The first-order chi connectivity index (χ1) is 7.02. The van der Waals surface area contributed by atoms with Crippen LogP contribution in [-0.4, -0.2) is 47.8 Å². The predicted octanol–water partition coefficient (Wildman–Crippen LogP) is 0.0199. The number of carbonyl (C=O) groups excluding carboxylic acids is 1. The quantitative estimate of drug-likeness (QED) is 0.762. The summed E-state index contributed by atoms with van der Waals surface area (Å²) >= 11 is 0. The van der Waals surface area contributed by atoms with Crippen LogP contribution in [0.25, 0.3) is 0 Å². The van der Waals surface area contributed by atoms with Crippen LogP contribution in [0.15, 0.2) is 6.20 Å². The fourth-order valence-electron chi connectivity index (χ4n) is 1.21. The minimum absolute atomic E-state index is 0.0533.